The highest BCUT2D eigenvalue weighted by Crippen LogP contribution is 2.49. The summed E-state index contributed by atoms with van der Waals surface area (Å²) >= 11 is 0. The van der Waals surface area contributed by atoms with Gasteiger partial charge in [-0.3, -0.25) is 37.7 Å². The second-order valence-electron chi connectivity index (χ2n) is 9.44. The maximum absolute atomic E-state index is 12.8. The van der Waals surface area contributed by atoms with E-state index in [0.717, 1.165) is 0 Å². The number of ether oxygens (including phenoxy) is 2. The molecule has 9 N–H and O–H groups in total. The third-order valence-electron chi connectivity index (χ3n) is 6.76. The second kappa shape index (κ2) is 10.3. The van der Waals surface area contributed by atoms with Crippen LogP contribution in [-0.4, -0.2) is 91.8 Å². The lowest BCUT2D eigenvalue weighted by Crippen LogP contribution is -2.29. The Morgan fingerprint density at radius 1 is 0.976 bits per heavy atom. The van der Waals surface area contributed by atoms with Crippen molar-refractivity contribution in [3.8, 4) is 0 Å². The van der Waals surface area contributed by atoms with E-state index < -0.39 is 69.0 Å². The number of aromatic nitrogens is 8. The number of aromatic amines is 2. The van der Waals surface area contributed by atoms with Gasteiger partial charge in [-0.1, -0.05) is 0 Å². The SMILES string of the molecule is Nc1nc2c(ncn2[C@H]2C[C@@H](OP(=O)(O)OC[C@H]3O[C@@H](n4cnc5c(=O)[nH]c(N)nc54)C[C@@H]3O)[C@H](CO)O2)c(=O)[nH]1. The molecule has 7 atom stereocenters. The number of imidazole rings is 2. The van der Waals surface area contributed by atoms with Gasteiger partial charge in [0.15, 0.2) is 22.3 Å². The minimum Gasteiger partial charge on any atom is -0.394 e. The van der Waals surface area contributed by atoms with Gasteiger partial charge in [0.05, 0.1) is 32.0 Å². The molecule has 41 heavy (non-hydrogen) atoms. The average molecular weight is 596 g/mol. The molecular weight excluding hydrogens is 571 g/mol. The molecule has 6 heterocycles. The number of fused-ring (bicyclic) bond motifs is 2. The molecule has 220 valence electrons. The minimum absolute atomic E-state index is 0.00652. The summed E-state index contributed by atoms with van der Waals surface area (Å²) < 4.78 is 37.6. The van der Waals surface area contributed by atoms with E-state index in [1.807, 2.05) is 0 Å². The quantitative estimate of drug-likeness (QED) is 0.107. The molecular formula is C20H25N10O10P. The molecule has 21 heteroatoms. The Balaban J connectivity index is 1.11. The van der Waals surface area contributed by atoms with Crippen molar-refractivity contribution >= 4 is 42.0 Å². The Kier molecular flexibility index (Phi) is 6.86. The zero-order valence-electron chi connectivity index (χ0n) is 20.9. The summed E-state index contributed by atoms with van der Waals surface area (Å²) in [5.74, 6) is -0.272. The van der Waals surface area contributed by atoms with E-state index in [1.165, 1.54) is 21.8 Å². The van der Waals surface area contributed by atoms with Gasteiger partial charge in [-0.25, -0.2) is 14.5 Å². The fourth-order valence-electron chi connectivity index (χ4n) is 4.86. The van der Waals surface area contributed by atoms with E-state index in [2.05, 4.69) is 29.9 Å². The van der Waals surface area contributed by atoms with Crippen LogP contribution < -0.4 is 22.6 Å². The number of rotatable bonds is 8. The summed E-state index contributed by atoms with van der Waals surface area (Å²) in [4.78, 5) is 55.3. The van der Waals surface area contributed by atoms with E-state index in [-0.39, 0.29) is 47.1 Å². The summed E-state index contributed by atoms with van der Waals surface area (Å²) in [6, 6.07) is 0. The van der Waals surface area contributed by atoms with Gasteiger partial charge in [0.2, 0.25) is 11.9 Å². The van der Waals surface area contributed by atoms with Crippen LogP contribution in [0.25, 0.3) is 22.3 Å². The number of nitrogen functional groups attached to an aromatic ring is 2. The van der Waals surface area contributed by atoms with Gasteiger partial charge in [-0.15, -0.1) is 0 Å². The number of aliphatic hydroxyl groups excluding tert-OH is 2. The zero-order chi connectivity index (χ0) is 29.1. The van der Waals surface area contributed by atoms with Crippen LogP contribution in [-0.2, 0) is 23.1 Å². The van der Waals surface area contributed by atoms with E-state index >= 15 is 0 Å². The van der Waals surface area contributed by atoms with Gasteiger partial charge in [-0.05, 0) is 0 Å². The lowest BCUT2D eigenvalue weighted by Gasteiger charge is -2.21. The molecule has 2 aliphatic rings. The molecule has 0 aliphatic carbocycles. The number of phosphoric ester groups is 1. The molecule has 2 fully saturated rings. The van der Waals surface area contributed by atoms with Crippen LogP contribution in [0.3, 0.4) is 0 Å². The van der Waals surface area contributed by atoms with Crippen LogP contribution in [0.5, 0.6) is 0 Å². The van der Waals surface area contributed by atoms with Crippen molar-refractivity contribution < 1.29 is 38.2 Å². The number of anilines is 2. The number of aliphatic hydroxyl groups is 2. The fraction of sp³-hybridized carbons (Fsp3) is 0.500. The number of nitrogens with two attached hydrogens (primary N) is 2. The fourth-order valence-corrected chi connectivity index (χ4v) is 5.82. The average Bonchev–Trinajstić information content (AvgIpc) is 3.67. The van der Waals surface area contributed by atoms with Crippen molar-refractivity contribution in [2.45, 2.75) is 49.7 Å². The Morgan fingerprint density at radius 3 is 2.07 bits per heavy atom. The summed E-state index contributed by atoms with van der Waals surface area (Å²) in [5, 5.41) is 20.3. The molecule has 6 rings (SSSR count). The summed E-state index contributed by atoms with van der Waals surface area (Å²) in [7, 11) is -4.76. The second-order valence-corrected chi connectivity index (χ2v) is 10.8. The lowest BCUT2D eigenvalue weighted by atomic mass is 10.2. The molecule has 4 aromatic heterocycles. The first-order valence-electron chi connectivity index (χ1n) is 12.2. The van der Waals surface area contributed by atoms with Gasteiger partial charge < -0.3 is 36.0 Å². The van der Waals surface area contributed by atoms with Crippen molar-refractivity contribution in [2.75, 3.05) is 24.7 Å². The molecule has 0 spiro atoms. The van der Waals surface area contributed by atoms with Crippen molar-refractivity contribution in [1.82, 2.24) is 39.0 Å². The van der Waals surface area contributed by atoms with E-state index in [0.29, 0.717) is 0 Å². The van der Waals surface area contributed by atoms with Crippen molar-refractivity contribution in [1.29, 1.82) is 0 Å². The minimum atomic E-state index is -4.76. The van der Waals surface area contributed by atoms with Crippen molar-refractivity contribution in [3.63, 3.8) is 0 Å². The number of nitrogens with one attached hydrogen (secondary N) is 2. The summed E-state index contributed by atoms with van der Waals surface area (Å²) in [6.45, 7) is -1.09. The molecule has 0 aromatic carbocycles. The number of hydrogen-bond donors (Lipinski definition) is 7. The number of nitrogens with zero attached hydrogens (tertiary/aromatic N) is 6. The van der Waals surface area contributed by atoms with Crippen LogP contribution in [0.4, 0.5) is 11.9 Å². The van der Waals surface area contributed by atoms with Gasteiger partial charge in [0.25, 0.3) is 11.1 Å². The Labute approximate surface area is 227 Å². The molecule has 2 aliphatic heterocycles. The number of phosphoric acid groups is 1. The predicted molar refractivity (Wildman–Crippen MR) is 136 cm³/mol. The smallest absolute Gasteiger partial charge is 0.394 e. The van der Waals surface area contributed by atoms with Gasteiger partial charge in [0.1, 0.15) is 30.8 Å². The standard InChI is InChI=1S/C20H25N10O10P/c21-19-25-15-13(17(33)27-19)23-5-29(15)11-1-7(32)10(39-11)4-37-41(35,36)40-8-2-12(38-9(8)3-31)30-6-24-14-16(30)26-20(22)28-18(14)34/h5-12,31-32H,1-4H2,(H,35,36)(H3,21,25,27,33)(H3,22,26,28,34)/t7-,8+,9-,10+,11+,12+/m0/s1. The first-order valence-corrected chi connectivity index (χ1v) is 13.7. The highest BCUT2D eigenvalue weighted by Gasteiger charge is 2.43. The topological polar surface area (TPSA) is 294 Å². The van der Waals surface area contributed by atoms with E-state index in [9.17, 15) is 29.3 Å². The molecule has 0 saturated carbocycles. The van der Waals surface area contributed by atoms with Crippen LogP contribution in [0, 0.1) is 0 Å². The molecule has 0 bridgehead atoms. The highest BCUT2D eigenvalue weighted by molar-refractivity contribution is 7.47. The maximum Gasteiger partial charge on any atom is 0.472 e. The maximum atomic E-state index is 12.8. The Bertz CT molecular complexity index is 1770. The number of H-pyrrole nitrogens is 2. The van der Waals surface area contributed by atoms with E-state index in [4.69, 9.17) is 30.0 Å². The first-order chi connectivity index (χ1) is 19.5. The van der Waals surface area contributed by atoms with Crippen LogP contribution >= 0.6 is 7.82 Å². The van der Waals surface area contributed by atoms with Crippen LogP contribution in [0.1, 0.15) is 25.3 Å². The van der Waals surface area contributed by atoms with Crippen LogP contribution in [0.15, 0.2) is 22.2 Å². The third-order valence-corrected chi connectivity index (χ3v) is 7.77. The van der Waals surface area contributed by atoms with Gasteiger partial charge in [0, 0.05) is 12.8 Å². The molecule has 0 radical (unpaired) electrons. The summed E-state index contributed by atoms with van der Waals surface area (Å²) in [5.41, 5.74) is 10.4. The van der Waals surface area contributed by atoms with Crippen molar-refractivity contribution in [3.05, 3.63) is 33.4 Å². The highest BCUT2D eigenvalue weighted by atomic mass is 31.2. The number of hydrogen-bond acceptors (Lipinski definition) is 15. The monoisotopic (exact) mass is 596 g/mol. The first kappa shape index (κ1) is 27.4. The summed E-state index contributed by atoms with van der Waals surface area (Å²) in [6.07, 6.45) is -3.38. The lowest BCUT2D eigenvalue weighted by molar-refractivity contribution is -0.0554. The Morgan fingerprint density at radius 2 is 1.51 bits per heavy atom. The predicted octanol–water partition coefficient (Wildman–Crippen LogP) is -2.15. The van der Waals surface area contributed by atoms with Gasteiger partial charge in [-0.2, -0.15) is 9.97 Å². The Hall–Kier alpha value is -3.75. The van der Waals surface area contributed by atoms with E-state index in [1.54, 1.807) is 0 Å². The van der Waals surface area contributed by atoms with Crippen molar-refractivity contribution in [2.24, 2.45) is 0 Å². The molecule has 20 nitrogen and oxygen atoms in total. The zero-order valence-corrected chi connectivity index (χ0v) is 21.8. The van der Waals surface area contributed by atoms with Gasteiger partial charge >= 0.3 is 7.82 Å². The molecule has 1 unspecified atom stereocenters. The largest absolute Gasteiger partial charge is 0.472 e. The molecule has 2 saturated heterocycles. The normalized spacial score (nSPS) is 28.1. The molecule has 0 amide bonds. The molecule has 4 aromatic rings. The van der Waals surface area contributed by atoms with Crippen LogP contribution in [0.2, 0.25) is 0 Å². The third kappa shape index (κ3) is 5.11.